The SMILES string of the molecule is CCOC(=O)[C@H](NC(=O)Nc1ccc(OC(F)(F)F)cc1)C(F)(F)F. The number of benzene rings is 1. The number of anilines is 1. The zero-order valence-corrected chi connectivity index (χ0v) is 12.5. The van der Waals surface area contributed by atoms with Gasteiger partial charge in [0.05, 0.1) is 6.61 Å². The van der Waals surface area contributed by atoms with E-state index in [1.165, 1.54) is 12.2 Å². The quantitative estimate of drug-likeness (QED) is 0.613. The molecule has 0 saturated heterocycles. The molecular weight excluding hydrogens is 362 g/mol. The predicted molar refractivity (Wildman–Crippen MR) is 71.8 cm³/mol. The number of halogens is 6. The maximum atomic E-state index is 12.7. The first-order valence-electron chi connectivity index (χ1n) is 6.59. The summed E-state index contributed by atoms with van der Waals surface area (Å²) in [5.41, 5.74) is -0.128. The summed E-state index contributed by atoms with van der Waals surface area (Å²) in [5, 5.41) is 3.32. The summed E-state index contributed by atoms with van der Waals surface area (Å²) in [4.78, 5) is 22.8. The highest BCUT2D eigenvalue weighted by Crippen LogP contribution is 2.24. The molecule has 0 bridgehead atoms. The lowest BCUT2D eigenvalue weighted by Crippen LogP contribution is -2.52. The number of rotatable bonds is 5. The van der Waals surface area contributed by atoms with Gasteiger partial charge in [-0.3, -0.25) is 0 Å². The lowest BCUT2D eigenvalue weighted by molar-refractivity contribution is -0.274. The van der Waals surface area contributed by atoms with E-state index in [4.69, 9.17) is 0 Å². The van der Waals surface area contributed by atoms with Crippen molar-refractivity contribution in [3.8, 4) is 5.75 Å². The highest BCUT2D eigenvalue weighted by atomic mass is 19.4. The van der Waals surface area contributed by atoms with Crippen molar-refractivity contribution in [3.05, 3.63) is 24.3 Å². The molecule has 2 amide bonds. The van der Waals surface area contributed by atoms with Gasteiger partial charge in [0.2, 0.25) is 6.04 Å². The van der Waals surface area contributed by atoms with Crippen LogP contribution in [0.25, 0.3) is 0 Å². The molecule has 0 aromatic heterocycles. The molecule has 2 N–H and O–H groups in total. The molecule has 140 valence electrons. The van der Waals surface area contributed by atoms with Crippen molar-refractivity contribution in [2.24, 2.45) is 0 Å². The van der Waals surface area contributed by atoms with Gasteiger partial charge in [0.25, 0.3) is 0 Å². The molecule has 0 heterocycles. The van der Waals surface area contributed by atoms with E-state index in [0.29, 0.717) is 0 Å². The predicted octanol–water partition coefficient (Wildman–Crippen LogP) is 3.20. The Hall–Kier alpha value is -2.66. The molecule has 0 aliphatic carbocycles. The molecule has 0 saturated carbocycles. The van der Waals surface area contributed by atoms with Gasteiger partial charge in [-0.05, 0) is 31.2 Å². The molecule has 12 heteroatoms. The van der Waals surface area contributed by atoms with Crippen molar-refractivity contribution >= 4 is 17.7 Å². The fraction of sp³-hybridized carbons (Fsp3) is 0.385. The molecule has 0 fully saturated rings. The molecule has 0 unspecified atom stereocenters. The number of ether oxygens (including phenoxy) is 2. The highest BCUT2D eigenvalue weighted by molar-refractivity contribution is 5.92. The van der Waals surface area contributed by atoms with Crippen LogP contribution in [-0.4, -0.2) is 37.2 Å². The Labute approximate surface area is 137 Å². The number of carbonyl (C=O) groups excluding carboxylic acids is 2. The number of amides is 2. The fourth-order valence-corrected chi connectivity index (χ4v) is 1.54. The second-order valence-corrected chi connectivity index (χ2v) is 4.40. The van der Waals surface area contributed by atoms with Gasteiger partial charge in [-0.1, -0.05) is 0 Å². The van der Waals surface area contributed by atoms with Gasteiger partial charge in [0, 0.05) is 5.69 Å². The number of alkyl halides is 6. The molecular formula is C13H12F6N2O4. The summed E-state index contributed by atoms with van der Waals surface area (Å²) < 4.78 is 82.0. The van der Waals surface area contributed by atoms with Crippen LogP contribution in [0.5, 0.6) is 5.75 Å². The average molecular weight is 374 g/mol. The van der Waals surface area contributed by atoms with Gasteiger partial charge in [-0.25, -0.2) is 9.59 Å². The van der Waals surface area contributed by atoms with Gasteiger partial charge in [-0.15, -0.1) is 13.2 Å². The van der Waals surface area contributed by atoms with Gasteiger partial charge in [0.1, 0.15) is 5.75 Å². The van der Waals surface area contributed by atoms with Crippen molar-refractivity contribution < 1.29 is 45.4 Å². The molecule has 1 rings (SSSR count). The summed E-state index contributed by atoms with van der Waals surface area (Å²) in [6.07, 6.45) is -10.0. The topological polar surface area (TPSA) is 76.7 Å². The average Bonchev–Trinajstić information content (AvgIpc) is 2.44. The number of nitrogens with one attached hydrogen (secondary N) is 2. The van der Waals surface area contributed by atoms with Crippen molar-refractivity contribution in [3.63, 3.8) is 0 Å². The summed E-state index contributed by atoms with van der Waals surface area (Å²) in [6.45, 7) is 0.964. The molecule has 1 aromatic carbocycles. The van der Waals surface area contributed by atoms with Crippen LogP contribution in [0.2, 0.25) is 0 Å². The second kappa shape index (κ2) is 7.94. The van der Waals surface area contributed by atoms with Crippen LogP contribution in [-0.2, 0) is 9.53 Å². The number of urea groups is 1. The maximum Gasteiger partial charge on any atom is 0.573 e. The summed E-state index contributed by atoms with van der Waals surface area (Å²) in [7, 11) is 0. The molecule has 25 heavy (non-hydrogen) atoms. The van der Waals surface area contributed by atoms with E-state index in [-0.39, 0.29) is 12.3 Å². The first-order valence-corrected chi connectivity index (χ1v) is 6.59. The Morgan fingerprint density at radius 1 is 1.08 bits per heavy atom. The largest absolute Gasteiger partial charge is 0.573 e. The number of hydrogen-bond donors (Lipinski definition) is 2. The Kier molecular flexibility index (Phi) is 6.48. The summed E-state index contributed by atoms with van der Waals surface area (Å²) in [5.74, 6) is -2.28. The third-order valence-corrected chi connectivity index (χ3v) is 2.47. The second-order valence-electron chi connectivity index (χ2n) is 4.40. The Balaban J connectivity index is 2.72. The molecule has 1 atom stereocenters. The van der Waals surface area contributed by atoms with E-state index in [1.54, 1.807) is 0 Å². The zero-order valence-electron chi connectivity index (χ0n) is 12.5. The maximum absolute atomic E-state index is 12.7. The van der Waals surface area contributed by atoms with Crippen molar-refractivity contribution in [2.75, 3.05) is 11.9 Å². The minimum atomic E-state index is -5.09. The van der Waals surface area contributed by atoms with Crippen LogP contribution >= 0.6 is 0 Å². The number of carbonyl (C=O) groups is 2. The first kappa shape index (κ1) is 20.4. The van der Waals surface area contributed by atoms with Crippen LogP contribution in [0.3, 0.4) is 0 Å². The van der Waals surface area contributed by atoms with Crippen molar-refractivity contribution in [2.45, 2.75) is 25.5 Å². The van der Waals surface area contributed by atoms with E-state index in [0.717, 1.165) is 24.3 Å². The molecule has 1 aromatic rings. The van der Waals surface area contributed by atoms with Crippen LogP contribution in [0.4, 0.5) is 36.8 Å². The van der Waals surface area contributed by atoms with E-state index in [2.05, 4.69) is 9.47 Å². The minimum absolute atomic E-state index is 0.128. The van der Waals surface area contributed by atoms with Gasteiger partial charge < -0.3 is 20.1 Å². The third kappa shape index (κ3) is 7.18. The number of esters is 1. The van der Waals surface area contributed by atoms with Gasteiger partial charge in [-0.2, -0.15) is 13.2 Å². The van der Waals surface area contributed by atoms with E-state index < -0.39 is 36.3 Å². The Morgan fingerprint density at radius 2 is 1.64 bits per heavy atom. The van der Waals surface area contributed by atoms with Crippen LogP contribution in [0.1, 0.15) is 6.92 Å². The number of hydrogen-bond acceptors (Lipinski definition) is 4. The van der Waals surface area contributed by atoms with Gasteiger partial charge >= 0.3 is 24.5 Å². The monoisotopic (exact) mass is 374 g/mol. The lowest BCUT2D eigenvalue weighted by atomic mass is 10.3. The molecule has 0 spiro atoms. The minimum Gasteiger partial charge on any atom is -0.464 e. The zero-order chi connectivity index (χ0) is 19.3. The lowest BCUT2D eigenvalue weighted by Gasteiger charge is -2.20. The van der Waals surface area contributed by atoms with Gasteiger partial charge in [0.15, 0.2) is 0 Å². The van der Waals surface area contributed by atoms with Crippen LogP contribution in [0, 0.1) is 0 Å². The molecule has 0 aliphatic heterocycles. The fourth-order valence-electron chi connectivity index (χ4n) is 1.54. The third-order valence-electron chi connectivity index (χ3n) is 2.47. The van der Waals surface area contributed by atoms with Crippen molar-refractivity contribution in [1.82, 2.24) is 5.32 Å². The summed E-state index contributed by atoms with van der Waals surface area (Å²) >= 11 is 0. The van der Waals surface area contributed by atoms with E-state index >= 15 is 0 Å². The summed E-state index contributed by atoms with van der Waals surface area (Å²) in [6, 6.07) is -0.674. The Bertz CT molecular complexity index is 600. The Morgan fingerprint density at radius 3 is 2.08 bits per heavy atom. The molecule has 0 aliphatic rings. The first-order chi connectivity index (χ1) is 11.4. The van der Waals surface area contributed by atoms with Crippen LogP contribution < -0.4 is 15.4 Å². The highest BCUT2D eigenvalue weighted by Gasteiger charge is 2.47. The van der Waals surface area contributed by atoms with Crippen molar-refractivity contribution in [1.29, 1.82) is 0 Å². The van der Waals surface area contributed by atoms with E-state index in [1.807, 2.05) is 5.32 Å². The molecule has 6 nitrogen and oxygen atoms in total. The standard InChI is InChI=1S/C13H12F6N2O4/c1-2-24-10(22)9(12(14,15)16)21-11(23)20-7-3-5-8(6-4-7)25-13(17,18)19/h3-6,9H,2H2,1H3,(H2,20,21,23)/t9-/m0/s1. The van der Waals surface area contributed by atoms with Crippen LogP contribution in [0.15, 0.2) is 24.3 Å². The normalized spacial score (nSPS) is 12.9. The smallest absolute Gasteiger partial charge is 0.464 e. The van der Waals surface area contributed by atoms with E-state index in [9.17, 15) is 35.9 Å². The molecule has 0 radical (unpaired) electrons.